The topological polar surface area (TPSA) is 109 Å². The molecule has 2 unspecified atom stereocenters. The first-order valence-electron chi connectivity index (χ1n) is 10.2. The Hall–Kier alpha value is -3.34. The number of aliphatic hydroxyl groups excluding tert-OH is 1. The van der Waals surface area contributed by atoms with Crippen LogP contribution in [-0.2, 0) is 26.1 Å². The van der Waals surface area contributed by atoms with E-state index in [0.717, 1.165) is 17.7 Å². The highest BCUT2D eigenvalue weighted by atomic mass is 32.2. The maximum atomic E-state index is 13.4. The molecular weight excluding hydrogens is 449 g/mol. The summed E-state index contributed by atoms with van der Waals surface area (Å²) >= 11 is 0. The van der Waals surface area contributed by atoms with Crippen molar-refractivity contribution in [1.29, 1.82) is 0 Å². The summed E-state index contributed by atoms with van der Waals surface area (Å²) in [4.78, 5) is 17.9. The van der Waals surface area contributed by atoms with E-state index in [4.69, 9.17) is 4.74 Å². The van der Waals surface area contributed by atoms with Crippen LogP contribution in [-0.4, -0.2) is 48.6 Å². The third kappa shape index (κ3) is 5.19. The average molecular weight is 472 g/mol. The summed E-state index contributed by atoms with van der Waals surface area (Å²) in [5.74, 6) is -0.892. The van der Waals surface area contributed by atoms with Gasteiger partial charge in [0.25, 0.3) is 10.0 Å². The second kappa shape index (κ2) is 9.65. The van der Waals surface area contributed by atoms with Crippen molar-refractivity contribution in [1.82, 2.24) is 9.88 Å². The number of hydrogen-bond donors (Lipinski definition) is 2. The van der Waals surface area contributed by atoms with Crippen LogP contribution in [0.25, 0.3) is 0 Å². The largest absolute Gasteiger partial charge is 0.394 e. The fourth-order valence-corrected chi connectivity index (χ4v) is 4.79. The fourth-order valence-electron chi connectivity index (χ4n) is 3.70. The van der Waals surface area contributed by atoms with Gasteiger partial charge in [-0.05, 0) is 47.5 Å². The van der Waals surface area contributed by atoms with Crippen molar-refractivity contribution in [3.05, 3.63) is 90.0 Å². The van der Waals surface area contributed by atoms with Gasteiger partial charge in [-0.25, -0.2) is 12.8 Å². The molecule has 2 heterocycles. The van der Waals surface area contributed by atoms with Gasteiger partial charge in [0.15, 0.2) is 0 Å². The molecule has 0 saturated carbocycles. The number of pyridine rings is 1. The molecule has 0 bridgehead atoms. The highest BCUT2D eigenvalue weighted by Crippen LogP contribution is 2.31. The zero-order valence-corrected chi connectivity index (χ0v) is 18.3. The molecule has 172 valence electrons. The van der Waals surface area contributed by atoms with E-state index in [-0.39, 0.29) is 36.2 Å². The van der Waals surface area contributed by atoms with Crippen LogP contribution in [0.1, 0.15) is 17.2 Å². The van der Waals surface area contributed by atoms with Gasteiger partial charge >= 0.3 is 0 Å². The predicted octanol–water partition coefficient (Wildman–Crippen LogP) is 2.48. The molecule has 0 spiro atoms. The van der Waals surface area contributed by atoms with E-state index in [1.165, 1.54) is 12.1 Å². The van der Waals surface area contributed by atoms with Crippen molar-refractivity contribution in [3.63, 3.8) is 0 Å². The summed E-state index contributed by atoms with van der Waals surface area (Å²) in [6.45, 7) is -0.177. The van der Waals surface area contributed by atoms with Gasteiger partial charge in [0.1, 0.15) is 18.5 Å². The number of aliphatic hydroxyl groups is 1. The number of carbonyl (C=O) groups excluding carboxylic acids is 1. The summed E-state index contributed by atoms with van der Waals surface area (Å²) in [5.41, 5.74) is 1.78. The van der Waals surface area contributed by atoms with Crippen LogP contribution < -0.4 is 4.72 Å². The van der Waals surface area contributed by atoms with Crippen LogP contribution in [0.5, 0.6) is 0 Å². The lowest BCUT2D eigenvalue weighted by atomic mass is 9.98. The van der Waals surface area contributed by atoms with Gasteiger partial charge in [0.05, 0.1) is 17.5 Å². The number of morpholine rings is 1. The van der Waals surface area contributed by atoms with Crippen LogP contribution in [0.15, 0.2) is 78.0 Å². The number of halogens is 1. The molecule has 2 atom stereocenters. The number of anilines is 1. The monoisotopic (exact) mass is 471 g/mol. The van der Waals surface area contributed by atoms with Crippen molar-refractivity contribution in [2.45, 2.75) is 23.6 Å². The minimum absolute atomic E-state index is 0.143. The quantitative estimate of drug-likeness (QED) is 0.548. The lowest BCUT2D eigenvalue weighted by molar-refractivity contribution is -0.162. The lowest BCUT2D eigenvalue weighted by Crippen LogP contribution is -2.52. The summed E-state index contributed by atoms with van der Waals surface area (Å²) < 4.78 is 46.6. The van der Waals surface area contributed by atoms with Crippen molar-refractivity contribution in [2.75, 3.05) is 17.9 Å². The molecule has 1 fully saturated rings. The number of amides is 1. The van der Waals surface area contributed by atoms with Crippen LogP contribution >= 0.6 is 0 Å². The number of nitrogens with one attached hydrogen (secondary N) is 1. The molecule has 1 aliphatic heterocycles. The Bertz CT molecular complexity index is 1220. The van der Waals surface area contributed by atoms with Crippen LogP contribution in [0.2, 0.25) is 0 Å². The zero-order valence-electron chi connectivity index (χ0n) is 17.5. The fraction of sp³-hybridized carbons (Fsp3) is 0.217. The number of rotatable bonds is 7. The smallest absolute Gasteiger partial charge is 0.261 e. The van der Waals surface area contributed by atoms with E-state index >= 15 is 0 Å². The second-order valence-electron chi connectivity index (χ2n) is 7.55. The molecule has 1 aliphatic rings. The Morgan fingerprint density at radius 2 is 1.94 bits per heavy atom. The zero-order chi connectivity index (χ0) is 23.4. The number of carbonyl (C=O) groups is 1. The summed E-state index contributed by atoms with van der Waals surface area (Å²) in [6.07, 6.45) is 2.70. The molecule has 33 heavy (non-hydrogen) atoms. The molecule has 0 radical (unpaired) electrons. The van der Waals surface area contributed by atoms with Gasteiger partial charge in [-0.1, -0.05) is 24.3 Å². The maximum Gasteiger partial charge on any atom is 0.261 e. The van der Waals surface area contributed by atoms with E-state index in [0.29, 0.717) is 5.56 Å². The van der Waals surface area contributed by atoms with Gasteiger partial charge < -0.3 is 14.7 Å². The average Bonchev–Trinajstić information content (AvgIpc) is 2.81. The van der Waals surface area contributed by atoms with Gasteiger partial charge in [-0.15, -0.1) is 0 Å². The first-order chi connectivity index (χ1) is 15.9. The Labute approximate surface area is 190 Å². The first-order valence-corrected chi connectivity index (χ1v) is 11.6. The highest BCUT2D eigenvalue weighted by molar-refractivity contribution is 7.92. The summed E-state index contributed by atoms with van der Waals surface area (Å²) in [6, 6.07) is 14.1. The van der Waals surface area contributed by atoms with Crippen molar-refractivity contribution < 1.29 is 27.4 Å². The molecule has 8 nitrogen and oxygen atoms in total. The van der Waals surface area contributed by atoms with E-state index < -0.39 is 28.0 Å². The Balaban J connectivity index is 1.52. The van der Waals surface area contributed by atoms with Gasteiger partial charge in [0.2, 0.25) is 5.91 Å². The van der Waals surface area contributed by atoms with Crippen LogP contribution in [0, 0.1) is 5.82 Å². The second-order valence-corrected chi connectivity index (χ2v) is 9.23. The van der Waals surface area contributed by atoms with Gasteiger partial charge in [0, 0.05) is 24.6 Å². The normalized spacial score (nSPS) is 18.8. The minimum atomic E-state index is -3.96. The number of benzene rings is 2. The van der Waals surface area contributed by atoms with Crippen molar-refractivity contribution >= 4 is 21.6 Å². The molecule has 1 aromatic heterocycles. The van der Waals surface area contributed by atoms with Crippen LogP contribution in [0.4, 0.5) is 10.1 Å². The number of aromatic nitrogens is 1. The summed E-state index contributed by atoms with van der Waals surface area (Å²) in [5, 5.41) is 10.0. The molecule has 1 saturated heterocycles. The molecule has 3 aromatic rings. The Kier molecular flexibility index (Phi) is 6.68. The standard InChI is InChI=1S/C23H22FN3O5S/c24-18-4-1-5-20(11-18)33(30,31)26-19-8-6-17(7-9-19)23-21(14-28)27(22(29)15-32-23)13-16-3-2-10-25-12-16/h1-12,21,23,26,28H,13-15H2. The predicted molar refractivity (Wildman–Crippen MR) is 118 cm³/mol. The first kappa shape index (κ1) is 22.8. The van der Waals surface area contributed by atoms with Crippen molar-refractivity contribution in [2.24, 2.45) is 0 Å². The number of sulfonamides is 1. The van der Waals surface area contributed by atoms with E-state index in [1.807, 2.05) is 6.07 Å². The van der Waals surface area contributed by atoms with E-state index in [2.05, 4.69) is 9.71 Å². The number of nitrogens with zero attached hydrogens (tertiary/aromatic N) is 2. The van der Waals surface area contributed by atoms with Crippen molar-refractivity contribution in [3.8, 4) is 0 Å². The molecule has 1 amide bonds. The maximum absolute atomic E-state index is 13.4. The minimum Gasteiger partial charge on any atom is -0.394 e. The molecule has 10 heteroatoms. The number of ether oxygens (including phenoxy) is 1. The number of hydrogen-bond acceptors (Lipinski definition) is 6. The molecular formula is C23H22FN3O5S. The molecule has 0 aliphatic carbocycles. The lowest BCUT2D eigenvalue weighted by Gasteiger charge is -2.40. The van der Waals surface area contributed by atoms with Crippen LogP contribution in [0.3, 0.4) is 0 Å². The molecule has 4 rings (SSSR count). The third-order valence-corrected chi connectivity index (χ3v) is 6.70. The van der Waals surface area contributed by atoms with Gasteiger partial charge in [-0.2, -0.15) is 0 Å². The SMILES string of the molecule is O=C1COC(c2ccc(NS(=O)(=O)c3cccc(F)c3)cc2)C(CO)N1Cc1cccnc1. The van der Waals surface area contributed by atoms with E-state index in [1.54, 1.807) is 47.6 Å². The van der Waals surface area contributed by atoms with E-state index in [9.17, 15) is 22.7 Å². The molecule has 2 N–H and O–H groups in total. The molecule has 2 aromatic carbocycles. The summed E-state index contributed by atoms with van der Waals surface area (Å²) in [7, 11) is -3.96. The van der Waals surface area contributed by atoms with Gasteiger partial charge in [-0.3, -0.25) is 14.5 Å². The Morgan fingerprint density at radius 3 is 2.61 bits per heavy atom. The third-order valence-electron chi connectivity index (χ3n) is 5.32. The highest BCUT2D eigenvalue weighted by Gasteiger charge is 2.37. The Morgan fingerprint density at radius 1 is 1.15 bits per heavy atom.